The zero-order valence-corrected chi connectivity index (χ0v) is 13.1. The van der Waals surface area contributed by atoms with E-state index in [0.29, 0.717) is 0 Å². The molecule has 0 radical (unpaired) electrons. The highest BCUT2D eigenvalue weighted by Gasteiger charge is 2.19. The molecule has 0 spiro atoms. The second kappa shape index (κ2) is 7.13. The Kier molecular flexibility index (Phi) is 5.21. The number of hydrogen-bond acceptors (Lipinski definition) is 5. The number of thioether (sulfide) groups is 1. The summed E-state index contributed by atoms with van der Waals surface area (Å²) in [6.45, 7) is 1.90. The molecular formula is C15H16N2O4S. The highest BCUT2D eigenvalue weighted by molar-refractivity contribution is 8.00. The van der Waals surface area contributed by atoms with Gasteiger partial charge in [0.25, 0.3) is 5.69 Å². The van der Waals surface area contributed by atoms with Gasteiger partial charge in [-0.15, -0.1) is 11.8 Å². The Morgan fingerprint density at radius 1 is 1.36 bits per heavy atom. The number of carbonyl (C=O) groups excluding carboxylic acids is 1. The van der Waals surface area contributed by atoms with E-state index >= 15 is 0 Å². The molecule has 0 bridgehead atoms. The molecule has 1 aromatic carbocycles. The van der Waals surface area contributed by atoms with Gasteiger partial charge in [0.2, 0.25) is 5.91 Å². The van der Waals surface area contributed by atoms with Crippen LogP contribution in [0.25, 0.3) is 0 Å². The van der Waals surface area contributed by atoms with Gasteiger partial charge in [-0.05, 0) is 31.2 Å². The van der Waals surface area contributed by atoms with Crippen LogP contribution < -0.4 is 0 Å². The number of nitro groups is 1. The second-order valence-corrected chi connectivity index (χ2v) is 5.78. The minimum atomic E-state index is -0.446. The number of benzene rings is 1. The molecule has 6 nitrogen and oxygen atoms in total. The van der Waals surface area contributed by atoms with Crippen LogP contribution in [0.15, 0.2) is 52.0 Å². The van der Waals surface area contributed by atoms with Gasteiger partial charge >= 0.3 is 0 Å². The number of furan rings is 1. The van der Waals surface area contributed by atoms with Crippen molar-refractivity contribution in [1.82, 2.24) is 4.90 Å². The van der Waals surface area contributed by atoms with Crippen LogP contribution in [-0.2, 0) is 4.79 Å². The molecule has 2 rings (SSSR count). The van der Waals surface area contributed by atoms with Crippen molar-refractivity contribution in [2.24, 2.45) is 0 Å². The third-order valence-electron chi connectivity index (χ3n) is 3.34. The largest absolute Gasteiger partial charge is 0.467 e. The van der Waals surface area contributed by atoms with Crippen LogP contribution in [0.3, 0.4) is 0 Å². The maximum Gasteiger partial charge on any atom is 0.269 e. The lowest BCUT2D eigenvalue weighted by Crippen LogP contribution is -2.30. The molecule has 1 unspecified atom stereocenters. The minimum absolute atomic E-state index is 0.0350. The summed E-state index contributed by atoms with van der Waals surface area (Å²) in [7, 11) is 1.73. The molecule has 1 amide bonds. The number of rotatable bonds is 6. The summed E-state index contributed by atoms with van der Waals surface area (Å²) in [5.74, 6) is 0.961. The summed E-state index contributed by atoms with van der Waals surface area (Å²) >= 11 is 1.35. The molecule has 0 saturated heterocycles. The van der Waals surface area contributed by atoms with E-state index in [-0.39, 0.29) is 23.4 Å². The summed E-state index contributed by atoms with van der Waals surface area (Å²) in [4.78, 5) is 24.8. The Hall–Kier alpha value is -2.28. The quantitative estimate of drug-likeness (QED) is 0.462. The lowest BCUT2D eigenvalue weighted by molar-refractivity contribution is -0.384. The Labute approximate surface area is 132 Å². The van der Waals surface area contributed by atoms with Crippen molar-refractivity contribution in [1.29, 1.82) is 0 Å². The van der Waals surface area contributed by atoms with Gasteiger partial charge in [-0.25, -0.2) is 0 Å². The van der Waals surface area contributed by atoms with Crippen LogP contribution >= 0.6 is 11.8 Å². The van der Waals surface area contributed by atoms with Crippen LogP contribution in [0, 0.1) is 10.1 Å². The zero-order valence-electron chi connectivity index (χ0n) is 12.3. The molecule has 1 heterocycles. The monoisotopic (exact) mass is 320 g/mol. The fraction of sp³-hybridized carbons (Fsp3) is 0.267. The molecule has 1 aromatic heterocycles. The number of hydrogen-bond donors (Lipinski definition) is 0. The summed E-state index contributed by atoms with van der Waals surface area (Å²) in [6, 6.07) is 9.63. The molecule has 7 heteroatoms. The van der Waals surface area contributed by atoms with Crippen LogP contribution in [0.1, 0.15) is 18.7 Å². The highest BCUT2D eigenvalue weighted by Crippen LogP contribution is 2.24. The Morgan fingerprint density at radius 2 is 2.05 bits per heavy atom. The number of amides is 1. The first-order valence-electron chi connectivity index (χ1n) is 6.65. The Morgan fingerprint density at radius 3 is 2.59 bits per heavy atom. The topological polar surface area (TPSA) is 76.6 Å². The lowest BCUT2D eigenvalue weighted by atomic mass is 10.2. The smallest absolute Gasteiger partial charge is 0.269 e. The van der Waals surface area contributed by atoms with E-state index in [1.807, 2.05) is 13.0 Å². The first-order valence-corrected chi connectivity index (χ1v) is 7.64. The van der Waals surface area contributed by atoms with Crippen LogP contribution in [0.5, 0.6) is 0 Å². The standard InChI is InChI=1S/C15H16N2O4S/c1-11(14-4-3-9-21-14)16(2)15(18)10-22-13-7-5-12(6-8-13)17(19)20/h3-9,11H,10H2,1-2H3. The normalized spacial score (nSPS) is 11.9. The average Bonchev–Trinajstić information content (AvgIpc) is 3.05. The third kappa shape index (κ3) is 3.88. The number of non-ortho nitro benzene ring substituents is 1. The molecular weight excluding hydrogens is 304 g/mol. The Balaban J connectivity index is 1.90. The van der Waals surface area contributed by atoms with E-state index in [9.17, 15) is 14.9 Å². The fourth-order valence-corrected chi connectivity index (χ4v) is 2.67. The first-order chi connectivity index (χ1) is 10.5. The summed E-state index contributed by atoms with van der Waals surface area (Å²) < 4.78 is 5.30. The van der Waals surface area contributed by atoms with E-state index < -0.39 is 4.92 Å². The lowest BCUT2D eigenvalue weighted by Gasteiger charge is -2.23. The van der Waals surface area contributed by atoms with Gasteiger partial charge in [0.15, 0.2) is 0 Å². The van der Waals surface area contributed by atoms with Crippen molar-refractivity contribution in [2.45, 2.75) is 17.9 Å². The molecule has 0 fully saturated rings. The third-order valence-corrected chi connectivity index (χ3v) is 4.34. The van der Waals surface area contributed by atoms with Gasteiger partial charge in [0, 0.05) is 24.1 Å². The molecule has 116 valence electrons. The molecule has 0 aliphatic heterocycles. The van der Waals surface area contributed by atoms with Crippen molar-refractivity contribution < 1.29 is 14.1 Å². The van der Waals surface area contributed by atoms with Gasteiger partial charge in [0.05, 0.1) is 23.0 Å². The molecule has 2 aromatic rings. The van der Waals surface area contributed by atoms with Crippen molar-refractivity contribution in [3.05, 3.63) is 58.5 Å². The molecule has 0 aliphatic carbocycles. The van der Waals surface area contributed by atoms with E-state index in [2.05, 4.69) is 0 Å². The predicted octanol–water partition coefficient (Wildman–Crippen LogP) is 3.50. The van der Waals surface area contributed by atoms with Gasteiger partial charge in [-0.2, -0.15) is 0 Å². The van der Waals surface area contributed by atoms with Crippen LogP contribution in [-0.4, -0.2) is 28.5 Å². The molecule has 1 atom stereocenters. The SMILES string of the molecule is CC(c1ccco1)N(C)C(=O)CSc1ccc([N+](=O)[O-])cc1. The van der Waals surface area contributed by atoms with Gasteiger partial charge in [0.1, 0.15) is 5.76 Å². The van der Waals surface area contributed by atoms with E-state index in [1.165, 1.54) is 23.9 Å². The minimum Gasteiger partial charge on any atom is -0.467 e. The van der Waals surface area contributed by atoms with Gasteiger partial charge in [-0.1, -0.05) is 0 Å². The first kappa shape index (κ1) is 16.1. The van der Waals surface area contributed by atoms with Crippen molar-refractivity contribution in [3.8, 4) is 0 Å². The molecule has 0 N–H and O–H groups in total. The molecule has 0 aliphatic rings. The van der Waals surface area contributed by atoms with Crippen molar-refractivity contribution >= 4 is 23.4 Å². The number of nitrogens with zero attached hydrogens (tertiary/aromatic N) is 2. The maximum absolute atomic E-state index is 12.2. The predicted molar refractivity (Wildman–Crippen MR) is 83.7 cm³/mol. The maximum atomic E-state index is 12.2. The molecule has 0 saturated carbocycles. The van der Waals surface area contributed by atoms with E-state index in [4.69, 9.17) is 4.42 Å². The summed E-state index contributed by atoms with van der Waals surface area (Å²) in [5, 5.41) is 10.6. The van der Waals surface area contributed by atoms with Gasteiger partial charge < -0.3 is 9.32 Å². The second-order valence-electron chi connectivity index (χ2n) is 4.74. The van der Waals surface area contributed by atoms with E-state index in [1.54, 1.807) is 36.4 Å². The summed E-state index contributed by atoms with van der Waals surface area (Å²) in [5.41, 5.74) is 0.0410. The molecule has 22 heavy (non-hydrogen) atoms. The number of carbonyl (C=O) groups is 1. The van der Waals surface area contributed by atoms with Crippen molar-refractivity contribution in [3.63, 3.8) is 0 Å². The highest BCUT2D eigenvalue weighted by atomic mass is 32.2. The number of nitro benzene ring substituents is 1. The average molecular weight is 320 g/mol. The van der Waals surface area contributed by atoms with Gasteiger partial charge in [-0.3, -0.25) is 14.9 Å². The fourth-order valence-electron chi connectivity index (χ4n) is 1.85. The van der Waals surface area contributed by atoms with Crippen molar-refractivity contribution in [2.75, 3.05) is 12.8 Å². The Bertz CT molecular complexity index is 640. The van der Waals surface area contributed by atoms with E-state index in [0.717, 1.165) is 10.7 Å². The van der Waals surface area contributed by atoms with Crippen LogP contribution in [0.2, 0.25) is 0 Å². The zero-order chi connectivity index (χ0) is 16.1. The summed E-state index contributed by atoms with van der Waals surface area (Å²) in [6.07, 6.45) is 1.58. The van der Waals surface area contributed by atoms with Crippen LogP contribution in [0.4, 0.5) is 5.69 Å².